The van der Waals surface area contributed by atoms with Gasteiger partial charge in [-0.3, -0.25) is 9.59 Å². The lowest BCUT2D eigenvalue weighted by Gasteiger charge is -2.36. The highest BCUT2D eigenvalue weighted by Crippen LogP contribution is 2.25. The average Bonchev–Trinajstić information content (AvgIpc) is 2.52. The second-order valence-corrected chi connectivity index (χ2v) is 6.78. The Kier molecular flexibility index (Phi) is 7.17. The molecule has 0 spiro atoms. The van der Waals surface area contributed by atoms with E-state index in [1.807, 2.05) is 0 Å². The Morgan fingerprint density at radius 1 is 1.15 bits per heavy atom. The molecular formula is C17H26N2O7. The van der Waals surface area contributed by atoms with Crippen LogP contribution in [0.2, 0.25) is 0 Å². The van der Waals surface area contributed by atoms with Crippen LogP contribution in [-0.4, -0.2) is 61.2 Å². The zero-order valence-corrected chi connectivity index (χ0v) is 16.0. The summed E-state index contributed by atoms with van der Waals surface area (Å²) in [6, 6.07) is -0.667. The lowest BCUT2D eigenvalue weighted by Crippen LogP contribution is -2.49. The molecule has 0 aromatic rings. The number of ether oxygens (including phenoxy) is 3. The van der Waals surface area contributed by atoms with E-state index in [-0.39, 0.29) is 18.5 Å². The lowest BCUT2D eigenvalue weighted by atomic mass is 9.98. The Labute approximate surface area is 152 Å². The Balaban J connectivity index is 3.05. The van der Waals surface area contributed by atoms with Gasteiger partial charge in [-0.15, -0.1) is 0 Å². The van der Waals surface area contributed by atoms with Crippen molar-refractivity contribution in [1.82, 2.24) is 10.2 Å². The normalized spacial score (nSPS) is 17.5. The number of hydrogen-bond donors (Lipinski definition) is 1. The van der Waals surface area contributed by atoms with Gasteiger partial charge in [-0.2, -0.15) is 0 Å². The number of methoxy groups -OCH3 is 2. The minimum absolute atomic E-state index is 0.142. The van der Waals surface area contributed by atoms with Crippen molar-refractivity contribution >= 4 is 23.9 Å². The van der Waals surface area contributed by atoms with Crippen molar-refractivity contribution in [3.05, 3.63) is 11.3 Å². The molecule has 0 saturated carbocycles. The molecule has 1 atom stereocenters. The quantitative estimate of drug-likeness (QED) is 0.448. The molecule has 0 saturated heterocycles. The third kappa shape index (κ3) is 5.75. The van der Waals surface area contributed by atoms with Gasteiger partial charge in [-0.05, 0) is 27.7 Å². The van der Waals surface area contributed by atoms with E-state index in [2.05, 4.69) is 10.1 Å². The standard InChI is InChI=1S/C17H26N2O7/c1-10-14(15(22)25-6)11(18-12(20)9-13(21)24-5)7-8-19(10)16(23)26-17(2,3)4/h10H,7-9H2,1-6H3,(H,18,20). The Hall–Kier alpha value is -2.58. The van der Waals surface area contributed by atoms with Gasteiger partial charge in [0.1, 0.15) is 12.0 Å². The summed E-state index contributed by atoms with van der Waals surface area (Å²) < 4.78 is 14.6. The van der Waals surface area contributed by atoms with E-state index in [1.165, 1.54) is 19.1 Å². The number of esters is 2. The topological polar surface area (TPSA) is 111 Å². The minimum Gasteiger partial charge on any atom is -0.469 e. The zero-order chi connectivity index (χ0) is 20.1. The van der Waals surface area contributed by atoms with Crippen LogP contribution < -0.4 is 5.32 Å². The third-order valence-electron chi connectivity index (χ3n) is 3.67. The first-order chi connectivity index (χ1) is 12.0. The average molecular weight is 370 g/mol. The molecular weight excluding hydrogens is 344 g/mol. The van der Waals surface area contributed by atoms with Gasteiger partial charge in [-0.25, -0.2) is 9.59 Å². The molecule has 0 aromatic heterocycles. The molecule has 9 heteroatoms. The van der Waals surface area contributed by atoms with Crippen molar-refractivity contribution in [2.75, 3.05) is 20.8 Å². The maximum atomic E-state index is 12.4. The zero-order valence-electron chi connectivity index (χ0n) is 16.0. The van der Waals surface area contributed by atoms with E-state index >= 15 is 0 Å². The molecule has 1 N–H and O–H groups in total. The molecule has 1 aliphatic rings. The second kappa shape index (κ2) is 8.68. The van der Waals surface area contributed by atoms with Crippen LogP contribution in [0.4, 0.5) is 4.79 Å². The molecule has 1 heterocycles. The van der Waals surface area contributed by atoms with E-state index in [0.717, 1.165) is 0 Å². The molecule has 0 radical (unpaired) electrons. The first-order valence-corrected chi connectivity index (χ1v) is 8.17. The highest BCUT2D eigenvalue weighted by molar-refractivity contribution is 5.97. The number of rotatable bonds is 4. The molecule has 146 valence electrons. The summed E-state index contributed by atoms with van der Waals surface area (Å²) in [5.74, 6) is -1.97. The SMILES string of the molecule is COC(=O)CC(=O)NC1=C(C(=O)OC)C(C)N(C(=O)OC(C)(C)C)CC1. The monoisotopic (exact) mass is 370 g/mol. The fourth-order valence-electron chi connectivity index (χ4n) is 2.49. The van der Waals surface area contributed by atoms with Crippen molar-refractivity contribution in [2.24, 2.45) is 0 Å². The third-order valence-corrected chi connectivity index (χ3v) is 3.67. The number of amides is 2. The van der Waals surface area contributed by atoms with E-state index < -0.39 is 42.0 Å². The summed E-state index contributed by atoms with van der Waals surface area (Å²) in [6.07, 6.45) is -0.828. The van der Waals surface area contributed by atoms with Crippen molar-refractivity contribution < 1.29 is 33.4 Å². The Bertz CT molecular complexity index is 619. The molecule has 0 fully saturated rings. The summed E-state index contributed by atoms with van der Waals surface area (Å²) in [7, 11) is 2.39. The number of carbonyl (C=O) groups excluding carboxylic acids is 4. The summed E-state index contributed by atoms with van der Waals surface area (Å²) in [5, 5.41) is 2.55. The van der Waals surface area contributed by atoms with E-state index in [0.29, 0.717) is 5.70 Å². The number of carbonyl (C=O) groups is 4. The van der Waals surface area contributed by atoms with Gasteiger partial charge in [0, 0.05) is 18.7 Å². The highest BCUT2D eigenvalue weighted by atomic mass is 16.6. The molecule has 0 bridgehead atoms. The number of nitrogens with one attached hydrogen (secondary N) is 1. The Morgan fingerprint density at radius 2 is 1.77 bits per heavy atom. The van der Waals surface area contributed by atoms with Crippen molar-refractivity contribution in [1.29, 1.82) is 0 Å². The number of hydrogen-bond acceptors (Lipinski definition) is 7. The largest absolute Gasteiger partial charge is 0.469 e. The van der Waals surface area contributed by atoms with Crippen molar-refractivity contribution in [3.8, 4) is 0 Å². The fraction of sp³-hybridized carbons (Fsp3) is 0.647. The lowest BCUT2D eigenvalue weighted by molar-refractivity contribution is -0.143. The summed E-state index contributed by atoms with van der Waals surface area (Å²) in [6.45, 7) is 7.12. The minimum atomic E-state index is -0.693. The van der Waals surface area contributed by atoms with Gasteiger partial charge in [0.15, 0.2) is 0 Å². The fourth-order valence-corrected chi connectivity index (χ4v) is 2.49. The van der Waals surface area contributed by atoms with Crippen LogP contribution in [0.1, 0.15) is 40.5 Å². The van der Waals surface area contributed by atoms with Crippen LogP contribution in [0.15, 0.2) is 11.3 Å². The number of nitrogens with zero attached hydrogens (tertiary/aromatic N) is 1. The van der Waals surface area contributed by atoms with Crippen LogP contribution >= 0.6 is 0 Å². The maximum absolute atomic E-state index is 12.4. The molecule has 1 unspecified atom stereocenters. The van der Waals surface area contributed by atoms with Gasteiger partial charge in [-0.1, -0.05) is 0 Å². The van der Waals surface area contributed by atoms with Crippen LogP contribution in [0.3, 0.4) is 0 Å². The predicted octanol–water partition coefficient (Wildman–Crippen LogP) is 1.12. The molecule has 1 rings (SSSR count). The van der Waals surface area contributed by atoms with Gasteiger partial charge < -0.3 is 24.4 Å². The van der Waals surface area contributed by atoms with Crippen LogP contribution in [0, 0.1) is 0 Å². The molecule has 0 aliphatic carbocycles. The van der Waals surface area contributed by atoms with E-state index in [4.69, 9.17) is 9.47 Å². The van der Waals surface area contributed by atoms with Gasteiger partial charge in [0.25, 0.3) is 0 Å². The van der Waals surface area contributed by atoms with Gasteiger partial charge in [0.05, 0.1) is 25.8 Å². The van der Waals surface area contributed by atoms with Crippen LogP contribution in [0.25, 0.3) is 0 Å². The molecule has 26 heavy (non-hydrogen) atoms. The van der Waals surface area contributed by atoms with Crippen molar-refractivity contribution in [3.63, 3.8) is 0 Å². The summed E-state index contributed by atoms with van der Waals surface area (Å²) in [4.78, 5) is 49.1. The van der Waals surface area contributed by atoms with Crippen LogP contribution in [-0.2, 0) is 28.6 Å². The molecule has 0 aromatic carbocycles. The first kappa shape index (κ1) is 21.5. The van der Waals surface area contributed by atoms with Gasteiger partial charge in [0.2, 0.25) is 5.91 Å². The van der Waals surface area contributed by atoms with Crippen molar-refractivity contribution in [2.45, 2.75) is 52.2 Å². The second-order valence-electron chi connectivity index (χ2n) is 6.78. The summed E-state index contributed by atoms with van der Waals surface area (Å²) in [5.41, 5.74) is -0.220. The van der Waals surface area contributed by atoms with Crippen LogP contribution in [0.5, 0.6) is 0 Å². The molecule has 1 aliphatic heterocycles. The highest BCUT2D eigenvalue weighted by Gasteiger charge is 2.36. The smallest absolute Gasteiger partial charge is 0.410 e. The first-order valence-electron chi connectivity index (χ1n) is 8.17. The van der Waals surface area contributed by atoms with E-state index in [9.17, 15) is 19.2 Å². The molecule has 9 nitrogen and oxygen atoms in total. The van der Waals surface area contributed by atoms with E-state index in [1.54, 1.807) is 27.7 Å². The summed E-state index contributed by atoms with van der Waals surface area (Å²) >= 11 is 0. The maximum Gasteiger partial charge on any atom is 0.410 e. The molecule has 2 amide bonds. The van der Waals surface area contributed by atoms with Gasteiger partial charge >= 0.3 is 18.0 Å². The Morgan fingerprint density at radius 3 is 2.27 bits per heavy atom. The predicted molar refractivity (Wildman–Crippen MR) is 90.8 cm³/mol.